The topological polar surface area (TPSA) is 141 Å². The maximum absolute atomic E-state index is 12.8. The van der Waals surface area contributed by atoms with Gasteiger partial charge in [-0.05, 0) is 203 Å². The molecule has 0 saturated heterocycles. The summed E-state index contributed by atoms with van der Waals surface area (Å²) in [4.78, 5) is 34.2. The Balaban J connectivity index is 0.000000162. The first kappa shape index (κ1) is 60.6. The minimum absolute atomic E-state index is 0.193. The molecule has 0 aromatic heterocycles. The molecule has 10 aromatic rings. The van der Waals surface area contributed by atoms with Gasteiger partial charge in [0.25, 0.3) is 0 Å². The number of halogens is 3. The molecule has 0 aliphatic carbocycles. The summed E-state index contributed by atoms with van der Waals surface area (Å²) in [5, 5.41) is 18.4. The Hall–Kier alpha value is -11.0. The molecule has 0 radical (unpaired) electrons. The van der Waals surface area contributed by atoms with Crippen LogP contribution in [0.1, 0.15) is 43.7 Å². The van der Waals surface area contributed by atoms with Crippen LogP contribution in [-0.4, -0.2) is 68.5 Å². The lowest BCUT2D eigenvalue weighted by Gasteiger charge is -2.11. The van der Waals surface area contributed by atoms with Crippen molar-refractivity contribution in [1.29, 1.82) is 0 Å². The van der Waals surface area contributed by atoms with Crippen molar-refractivity contribution in [2.75, 3.05) is 26.1 Å². The van der Waals surface area contributed by atoms with E-state index in [2.05, 4.69) is 25.0 Å². The molecule has 2 N–H and O–H groups in total. The van der Waals surface area contributed by atoms with Crippen LogP contribution in [0, 0.1) is 17.5 Å². The van der Waals surface area contributed by atoms with Crippen molar-refractivity contribution in [1.82, 2.24) is 0 Å². The Morgan fingerprint density at radius 1 is 0.429 bits per heavy atom. The van der Waals surface area contributed by atoms with E-state index in [4.69, 9.17) is 14.6 Å². The van der Waals surface area contributed by atoms with E-state index in [9.17, 15) is 23.1 Å². The lowest BCUT2D eigenvalue weighted by Crippen LogP contribution is -2.08. The van der Waals surface area contributed by atoms with Crippen molar-refractivity contribution in [3.05, 3.63) is 305 Å². The monoisotopic (exact) mass is 1120 g/mol. The zero-order valence-electron chi connectivity index (χ0n) is 46.2. The highest BCUT2D eigenvalue weighted by atomic mass is 19.1. The third-order valence-electron chi connectivity index (χ3n) is 11.9. The minimum atomic E-state index is -0.939. The molecule has 0 saturated carbocycles. The van der Waals surface area contributed by atoms with Crippen molar-refractivity contribution in [3.8, 4) is 17.2 Å². The fourth-order valence-corrected chi connectivity index (χ4v) is 7.19. The number of carbonyl (C=O) groups is 1. The fraction of sp³-hybridized carbons (Fsp3) is 0.0571. The maximum Gasteiger partial charge on any atom is 0.335 e. The highest BCUT2D eigenvalue weighted by molar-refractivity contribution is 5.89. The summed E-state index contributed by atoms with van der Waals surface area (Å²) < 4.78 is 49.3. The summed E-state index contributed by atoms with van der Waals surface area (Å²) in [6, 6.07) is 72.5. The van der Waals surface area contributed by atoms with E-state index in [1.54, 1.807) is 105 Å². The van der Waals surface area contributed by atoms with Crippen molar-refractivity contribution in [2.45, 2.75) is 6.61 Å². The number of aromatic hydroxyl groups is 1. The van der Waals surface area contributed by atoms with Crippen LogP contribution in [0.4, 0.5) is 47.3 Å². The molecular weight excluding hydrogens is 1060 g/mol. The molecule has 0 unspecified atom stereocenters. The fourth-order valence-electron chi connectivity index (χ4n) is 7.19. The number of para-hydroxylation sites is 2. The second-order valence-electron chi connectivity index (χ2n) is 18.3. The van der Waals surface area contributed by atoms with Crippen LogP contribution in [0.15, 0.2) is 274 Å². The molecule has 10 rings (SSSR count). The van der Waals surface area contributed by atoms with Crippen LogP contribution in [-0.2, 0) is 6.61 Å². The van der Waals surface area contributed by atoms with E-state index in [-0.39, 0.29) is 28.8 Å². The number of anilines is 1. The summed E-state index contributed by atoms with van der Waals surface area (Å²) in [5.74, 6) is 0.0430. The van der Waals surface area contributed by atoms with E-state index in [1.165, 1.54) is 48.5 Å². The third kappa shape index (κ3) is 21.2. The van der Waals surface area contributed by atoms with E-state index in [1.807, 2.05) is 152 Å². The highest BCUT2D eigenvalue weighted by Crippen LogP contribution is 2.25. The van der Waals surface area contributed by atoms with Crippen molar-refractivity contribution < 1.29 is 37.7 Å². The molecule has 14 heteroatoms. The van der Waals surface area contributed by atoms with Gasteiger partial charge in [-0.3, -0.25) is 25.0 Å². The number of hydrogen-bond acceptors (Lipinski definition) is 10. The van der Waals surface area contributed by atoms with Crippen molar-refractivity contribution in [2.24, 2.45) is 25.0 Å². The number of benzene rings is 10. The van der Waals surface area contributed by atoms with Gasteiger partial charge in [-0.15, -0.1) is 0 Å². The predicted molar refractivity (Wildman–Crippen MR) is 334 cm³/mol. The van der Waals surface area contributed by atoms with Gasteiger partial charge in [0, 0.05) is 50.9 Å². The summed E-state index contributed by atoms with van der Waals surface area (Å²) >= 11 is 0. The van der Waals surface area contributed by atoms with E-state index in [0.717, 1.165) is 56.3 Å². The third-order valence-corrected chi connectivity index (χ3v) is 11.9. The van der Waals surface area contributed by atoms with Crippen LogP contribution in [0.25, 0.3) is 0 Å². The number of carboxylic acid groups (broad SMARTS) is 1. The number of phenolic OH excluding ortho intramolecular Hbond substituents is 1. The second kappa shape index (κ2) is 32.3. The van der Waals surface area contributed by atoms with Crippen molar-refractivity contribution in [3.63, 3.8) is 0 Å². The molecular formula is C70H59F3N6O5. The number of phenols is 1. The number of aliphatic imine (C=N–C) groups is 5. The van der Waals surface area contributed by atoms with Gasteiger partial charge < -0.3 is 24.6 Å². The number of rotatable bonds is 16. The Kier molecular flexibility index (Phi) is 23.3. The molecule has 0 heterocycles. The first-order chi connectivity index (χ1) is 40.8. The SMILES string of the molecule is CN(C)c1ccc(C=Nc2ccccc2O)cc1.COc1ccc(C=Nc2ccc(C(=O)O)cc2)cc1.Fc1ccc(N=Cc2ccc(C=Nc3ccc(F)cc3)cc2)cc1.Fc1ccc(N=Cc2ccc(OCc3ccccc3)cc2)cc1. The van der Waals surface area contributed by atoms with Crippen LogP contribution < -0.4 is 14.4 Å². The number of ether oxygens (including phenoxy) is 2. The zero-order valence-corrected chi connectivity index (χ0v) is 46.2. The van der Waals surface area contributed by atoms with Crippen molar-refractivity contribution >= 4 is 71.2 Å². The number of methoxy groups -OCH3 is 1. The normalized spacial score (nSPS) is 10.9. The molecule has 10 aromatic carbocycles. The Morgan fingerprint density at radius 3 is 1.15 bits per heavy atom. The lowest BCUT2D eigenvalue weighted by atomic mass is 10.1. The van der Waals surface area contributed by atoms with E-state index >= 15 is 0 Å². The quantitative estimate of drug-likeness (QED) is 0.0923. The average Bonchev–Trinajstić information content (AvgIpc) is 3.54. The summed E-state index contributed by atoms with van der Waals surface area (Å²) in [6.07, 6.45) is 8.64. The van der Waals surface area contributed by atoms with E-state index in [0.29, 0.717) is 29.4 Å². The summed E-state index contributed by atoms with van der Waals surface area (Å²) in [5.41, 5.74) is 10.7. The number of hydrogen-bond donors (Lipinski definition) is 2. The average molecular weight is 1120 g/mol. The van der Waals surface area contributed by atoms with Gasteiger partial charge in [-0.2, -0.15) is 0 Å². The van der Waals surface area contributed by atoms with Gasteiger partial charge in [0.05, 0.1) is 35.4 Å². The number of carboxylic acids is 1. The first-order valence-electron chi connectivity index (χ1n) is 26.2. The molecule has 420 valence electrons. The Morgan fingerprint density at radius 2 is 0.774 bits per heavy atom. The molecule has 0 aliphatic heterocycles. The van der Waals surface area contributed by atoms with Crippen LogP contribution in [0.2, 0.25) is 0 Å². The second-order valence-corrected chi connectivity index (χ2v) is 18.3. The Bertz CT molecular complexity index is 3670. The molecule has 0 spiro atoms. The predicted octanol–water partition coefficient (Wildman–Crippen LogP) is 17.0. The summed E-state index contributed by atoms with van der Waals surface area (Å²) in [7, 11) is 5.63. The van der Waals surface area contributed by atoms with Gasteiger partial charge in [-0.1, -0.05) is 78.9 Å². The molecule has 0 fully saturated rings. The standard InChI is InChI=1S/C20H14F2N2.C20H16FNO.C15H16N2O.C15H13NO3/c21-17-5-9-19(10-6-17)23-13-15-1-2-16(4-3-15)14-24-20-11-7-18(22)8-12-20;21-18-8-10-19(11-9-18)22-14-16-6-12-20(13-7-16)23-15-17-4-2-1-3-5-17;1-17(2)13-9-7-12(8-10-13)11-16-14-5-3-4-6-15(14)18;1-19-14-8-2-11(3-9-14)10-16-13-6-4-12(5-7-13)15(17)18/h1-14H;1-14H,15H2;3-11,18H,1-2H3;2-10H,1H3,(H,17,18). The Labute approximate surface area is 486 Å². The van der Waals surface area contributed by atoms with E-state index < -0.39 is 5.97 Å². The number of aromatic carboxylic acids is 1. The largest absolute Gasteiger partial charge is 0.506 e. The first-order valence-corrected chi connectivity index (χ1v) is 26.2. The molecule has 0 atom stereocenters. The van der Waals surface area contributed by atoms with Gasteiger partial charge >= 0.3 is 5.97 Å². The van der Waals surface area contributed by atoms with Crippen LogP contribution in [0.3, 0.4) is 0 Å². The zero-order chi connectivity index (χ0) is 59.3. The molecule has 11 nitrogen and oxygen atoms in total. The van der Waals surface area contributed by atoms with Gasteiger partial charge in [0.2, 0.25) is 0 Å². The highest BCUT2D eigenvalue weighted by Gasteiger charge is 2.02. The van der Waals surface area contributed by atoms with Gasteiger partial charge in [0.15, 0.2) is 0 Å². The smallest absolute Gasteiger partial charge is 0.335 e. The number of nitrogens with zero attached hydrogens (tertiary/aromatic N) is 6. The van der Waals surface area contributed by atoms with Crippen LogP contribution in [0.5, 0.6) is 17.2 Å². The summed E-state index contributed by atoms with van der Waals surface area (Å²) in [6.45, 7) is 0.545. The van der Waals surface area contributed by atoms with Crippen LogP contribution >= 0.6 is 0 Å². The maximum atomic E-state index is 12.8. The van der Waals surface area contributed by atoms with Gasteiger partial charge in [-0.25, -0.2) is 18.0 Å². The van der Waals surface area contributed by atoms with Gasteiger partial charge in [0.1, 0.15) is 47.0 Å². The molecule has 0 amide bonds. The lowest BCUT2D eigenvalue weighted by molar-refractivity contribution is 0.0696. The molecule has 0 bridgehead atoms. The minimum Gasteiger partial charge on any atom is -0.506 e. The molecule has 84 heavy (non-hydrogen) atoms. The molecule has 0 aliphatic rings.